The molecule has 0 radical (unpaired) electrons. The molecule has 1 heterocycles. The van der Waals surface area contributed by atoms with Crippen molar-refractivity contribution >= 4 is 22.4 Å². The van der Waals surface area contributed by atoms with Crippen molar-refractivity contribution in [3.8, 4) is 6.07 Å². The maximum absolute atomic E-state index is 13.8. The van der Waals surface area contributed by atoms with Crippen LogP contribution in [-0.2, 0) is 7.05 Å². The lowest BCUT2D eigenvalue weighted by Crippen LogP contribution is -2.04. The number of ketones is 1. The monoisotopic (exact) mass is 320 g/mol. The van der Waals surface area contributed by atoms with Gasteiger partial charge < -0.3 is 5.32 Å². The first kappa shape index (κ1) is 15.4. The topological polar surface area (TPSA) is 70.7 Å². The van der Waals surface area contributed by atoms with E-state index in [2.05, 4.69) is 10.4 Å². The first-order valence-corrected chi connectivity index (χ1v) is 7.19. The molecule has 0 amide bonds. The number of halogens is 1. The van der Waals surface area contributed by atoms with Crippen LogP contribution in [0, 0.1) is 17.3 Å². The summed E-state index contributed by atoms with van der Waals surface area (Å²) in [5.74, 6) is -1.13. The number of para-hydroxylation sites is 1. The zero-order valence-electron chi connectivity index (χ0n) is 12.8. The zero-order valence-corrected chi connectivity index (χ0v) is 12.8. The fourth-order valence-corrected chi connectivity index (χ4v) is 2.36. The number of nitriles is 1. The number of fused-ring (bicyclic) bond motifs is 1. The van der Waals surface area contributed by atoms with Gasteiger partial charge in [0.05, 0.1) is 10.9 Å². The van der Waals surface area contributed by atoms with Crippen molar-refractivity contribution in [2.45, 2.75) is 0 Å². The predicted octanol–water partition coefficient (Wildman–Crippen LogP) is 3.41. The normalized spacial score (nSPS) is 11.3. The Balaban J connectivity index is 1.91. The van der Waals surface area contributed by atoms with Crippen molar-refractivity contribution in [2.24, 2.45) is 7.05 Å². The molecular formula is C18H13FN4O. The summed E-state index contributed by atoms with van der Waals surface area (Å²) in [5, 5.41) is 16.1. The predicted molar refractivity (Wildman–Crippen MR) is 88.8 cm³/mol. The molecule has 0 aliphatic heterocycles. The molecule has 1 aromatic heterocycles. The maximum Gasteiger partial charge on any atom is 0.240 e. The highest BCUT2D eigenvalue weighted by Gasteiger charge is 2.15. The highest BCUT2D eigenvalue weighted by molar-refractivity contribution is 6.12. The summed E-state index contributed by atoms with van der Waals surface area (Å²) >= 11 is 0. The third-order valence-corrected chi connectivity index (χ3v) is 3.59. The van der Waals surface area contributed by atoms with Crippen molar-refractivity contribution in [3.05, 3.63) is 71.8 Å². The summed E-state index contributed by atoms with van der Waals surface area (Å²) in [6.45, 7) is 0. The van der Waals surface area contributed by atoms with Gasteiger partial charge in [0.15, 0.2) is 0 Å². The summed E-state index contributed by atoms with van der Waals surface area (Å²) in [6, 6.07) is 15.6. The SMILES string of the molecule is Cn1nc(F)c2cc(C(=O)/C(C#N)=C/Nc3ccccc3)ccc21. The van der Waals surface area contributed by atoms with Crippen molar-refractivity contribution in [1.29, 1.82) is 5.26 Å². The number of hydrogen-bond acceptors (Lipinski definition) is 4. The van der Waals surface area contributed by atoms with Gasteiger partial charge in [-0.3, -0.25) is 9.48 Å². The van der Waals surface area contributed by atoms with Crippen LogP contribution < -0.4 is 5.32 Å². The Morgan fingerprint density at radius 1 is 1.29 bits per heavy atom. The third kappa shape index (κ3) is 2.88. The molecule has 0 aliphatic rings. The number of aryl methyl sites for hydroxylation is 1. The summed E-state index contributed by atoms with van der Waals surface area (Å²) in [7, 11) is 1.62. The van der Waals surface area contributed by atoms with E-state index in [1.54, 1.807) is 19.2 Å². The first-order chi connectivity index (χ1) is 11.6. The summed E-state index contributed by atoms with van der Waals surface area (Å²) in [5.41, 5.74) is 1.50. The van der Waals surface area contributed by atoms with Crippen LogP contribution in [0.5, 0.6) is 0 Å². The Morgan fingerprint density at radius 3 is 2.75 bits per heavy atom. The van der Waals surface area contributed by atoms with Crippen LogP contribution in [-0.4, -0.2) is 15.6 Å². The number of benzene rings is 2. The van der Waals surface area contributed by atoms with Crippen LogP contribution in [0.3, 0.4) is 0 Å². The molecule has 5 nitrogen and oxygen atoms in total. The van der Waals surface area contributed by atoms with Gasteiger partial charge in [-0.25, -0.2) is 0 Å². The smallest absolute Gasteiger partial charge is 0.240 e. The quantitative estimate of drug-likeness (QED) is 0.454. The number of hydrogen-bond donors (Lipinski definition) is 1. The Morgan fingerprint density at radius 2 is 2.04 bits per heavy atom. The molecule has 1 N–H and O–H groups in total. The van der Waals surface area contributed by atoms with Gasteiger partial charge in [-0.15, -0.1) is 5.10 Å². The Bertz CT molecular complexity index is 983. The van der Waals surface area contributed by atoms with Crippen LogP contribution in [0.1, 0.15) is 10.4 Å². The lowest BCUT2D eigenvalue weighted by atomic mass is 10.0. The molecule has 118 valence electrons. The minimum absolute atomic E-state index is 0.0671. The fourth-order valence-electron chi connectivity index (χ4n) is 2.36. The van der Waals surface area contributed by atoms with E-state index in [0.29, 0.717) is 5.52 Å². The average Bonchev–Trinajstić information content (AvgIpc) is 2.90. The lowest BCUT2D eigenvalue weighted by Gasteiger charge is -2.03. The van der Waals surface area contributed by atoms with Crippen LogP contribution in [0.4, 0.5) is 10.1 Å². The molecule has 24 heavy (non-hydrogen) atoms. The molecule has 0 aliphatic carbocycles. The minimum Gasteiger partial charge on any atom is -0.360 e. The molecule has 0 saturated heterocycles. The van der Waals surface area contributed by atoms with Gasteiger partial charge >= 0.3 is 0 Å². The molecule has 3 aromatic rings. The second-order valence-electron chi connectivity index (χ2n) is 5.16. The molecule has 0 spiro atoms. The number of carbonyl (C=O) groups excluding carboxylic acids is 1. The zero-order chi connectivity index (χ0) is 17.1. The van der Waals surface area contributed by atoms with Crippen LogP contribution in [0.25, 0.3) is 10.9 Å². The van der Waals surface area contributed by atoms with E-state index in [4.69, 9.17) is 0 Å². The van der Waals surface area contributed by atoms with E-state index in [1.807, 2.05) is 36.4 Å². The standard InChI is InChI=1S/C18H13FN4O/c1-23-16-8-7-12(9-15(16)18(19)22-23)17(24)13(10-20)11-21-14-5-3-2-4-6-14/h2-9,11,21H,1H3/b13-11+. The van der Waals surface area contributed by atoms with Gasteiger partial charge in [0.1, 0.15) is 11.6 Å². The minimum atomic E-state index is -0.646. The molecule has 3 rings (SSSR count). The van der Waals surface area contributed by atoms with Crippen molar-refractivity contribution < 1.29 is 9.18 Å². The van der Waals surface area contributed by atoms with E-state index in [1.165, 1.54) is 16.9 Å². The second-order valence-corrected chi connectivity index (χ2v) is 5.16. The number of carbonyl (C=O) groups is 1. The van der Waals surface area contributed by atoms with Crippen molar-refractivity contribution in [3.63, 3.8) is 0 Å². The van der Waals surface area contributed by atoms with E-state index in [9.17, 15) is 14.4 Å². The van der Waals surface area contributed by atoms with Gasteiger partial charge in [-0.1, -0.05) is 18.2 Å². The van der Waals surface area contributed by atoms with Crippen molar-refractivity contribution in [1.82, 2.24) is 9.78 Å². The lowest BCUT2D eigenvalue weighted by molar-refractivity contribution is 0.103. The highest BCUT2D eigenvalue weighted by Crippen LogP contribution is 2.20. The molecule has 0 atom stereocenters. The largest absolute Gasteiger partial charge is 0.360 e. The molecule has 0 fully saturated rings. The molecule has 0 unspecified atom stereocenters. The fraction of sp³-hybridized carbons (Fsp3) is 0.0556. The highest BCUT2D eigenvalue weighted by atomic mass is 19.1. The third-order valence-electron chi connectivity index (χ3n) is 3.59. The summed E-state index contributed by atoms with van der Waals surface area (Å²) in [6.07, 6.45) is 1.35. The second kappa shape index (κ2) is 6.34. The van der Waals surface area contributed by atoms with Gasteiger partial charge in [-0.2, -0.15) is 9.65 Å². The number of anilines is 1. The Hall–Kier alpha value is -3.46. The maximum atomic E-state index is 13.8. The van der Waals surface area contributed by atoms with E-state index < -0.39 is 11.7 Å². The molecular weight excluding hydrogens is 307 g/mol. The average molecular weight is 320 g/mol. The van der Waals surface area contributed by atoms with Gasteiger partial charge in [0.2, 0.25) is 11.7 Å². The van der Waals surface area contributed by atoms with Gasteiger partial charge in [0.25, 0.3) is 0 Å². The number of nitrogens with zero attached hydrogens (tertiary/aromatic N) is 3. The number of nitrogens with one attached hydrogen (secondary N) is 1. The number of Topliss-reactive ketones (excluding diaryl/α,β-unsaturated/α-hetero) is 1. The summed E-state index contributed by atoms with van der Waals surface area (Å²) < 4.78 is 15.2. The van der Waals surface area contributed by atoms with Crippen LogP contribution in [0.2, 0.25) is 0 Å². The number of rotatable bonds is 4. The molecule has 0 bridgehead atoms. The van der Waals surface area contributed by atoms with Gasteiger partial charge in [-0.05, 0) is 30.3 Å². The van der Waals surface area contributed by atoms with Crippen molar-refractivity contribution in [2.75, 3.05) is 5.32 Å². The van der Waals surface area contributed by atoms with Crippen LogP contribution >= 0.6 is 0 Å². The molecule has 0 saturated carbocycles. The Kier molecular flexibility index (Phi) is 4.08. The molecule has 6 heteroatoms. The number of aromatic nitrogens is 2. The van der Waals surface area contributed by atoms with E-state index in [0.717, 1.165) is 5.69 Å². The number of allylic oxidation sites excluding steroid dienone is 1. The van der Waals surface area contributed by atoms with Crippen LogP contribution in [0.15, 0.2) is 60.3 Å². The first-order valence-electron chi connectivity index (χ1n) is 7.19. The van der Waals surface area contributed by atoms with E-state index >= 15 is 0 Å². The Labute approximate surface area is 137 Å². The summed E-state index contributed by atoms with van der Waals surface area (Å²) in [4.78, 5) is 12.5. The van der Waals surface area contributed by atoms with Gasteiger partial charge in [0, 0.05) is 24.5 Å². The van der Waals surface area contributed by atoms with E-state index in [-0.39, 0.29) is 16.5 Å². The molecule has 2 aromatic carbocycles.